The van der Waals surface area contributed by atoms with Crippen LogP contribution in [0.5, 0.6) is 5.75 Å². The van der Waals surface area contributed by atoms with Crippen LogP contribution in [0.3, 0.4) is 0 Å². The second-order valence-corrected chi connectivity index (χ2v) is 11.7. The van der Waals surface area contributed by atoms with Crippen molar-refractivity contribution < 1.29 is 19.1 Å². The summed E-state index contributed by atoms with van der Waals surface area (Å²) in [6.07, 6.45) is 5.86. The number of fused-ring (bicyclic) bond motifs is 2. The van der Waals surface area contributed by atoms with E-state index in [9.17, 15) is 9.59 Å². The van der Waals surface area contributed by atoms with E-state index in [1.165, 1.54) is 0 Å². The predicted octanol–water partition coefficient (Wildman–Crippen LogP) is 4.02. The van der Waals surface area contributed by atoms with Gasteiger partial charge in [-0.3, -0.25) is 9.80 Å². The molecule has 2 fully saturated rings. The van der Waals surface area contributed by atoms with Gasteiger partial charge < -0.3 is 19.7 Å². The number of aryl methyl sites for hydroxylation is 1. The lowest BCUT2D eigenvalue weighted by molar-refractivity contribution is 0.0106. The van der Waals surface area contributed by atoms with Gasteiger partial charge in [0.2, 0.25) is 0 Å². The molecule has 1 aliphatic carbocycles. The quantitative estimate of drug-likeness (QED) is 0.520. The Morgan fingerprint density at radius 2 is 1.98 bits per heavy atom. The van der Waals surface area contributed by atoms with Crippen LogP contribution in [0.1, 0.15) is 51.9 Å². The molecular formula is C28H36N8O4. The van der Waals surface area contributed by atoms with Crippen LogP contribution in [0.2, 0.25) is 0 Å². The van der Waals surface area contributed by atoms with Crippen LogP contribution >= 0.6 is 0 Å². The summed E-state index contributed by atoms with van der Waals surface area (Å²) in [5.41, 5.74) is 2.57. The third kappa shape index (κ3) is 4.75. The summed E-state index contributed by atoms with van der Waals surface area (Å²) >= 11 is 0. The first-order valence-corrected chi connectivity index (χ1v) is 13.9. The maximum atomic E-state index is 13.5. The Hall–Kier alpha value is -4.09. The highest BCUT2D eigenvalue weighted by molar-refractivity contribution is 6.03. The smallest absolute Gasteiger partial charge is 0.410 e. The Balaban J connectivity index is 1.21. The van der Waals surface area contributed by atoms with E-state index in [-0.39, 0.29) is 17.7 Å². The number of rotatable bonds is 4. The Bertz CT molecular complexity index is 1470. The van der Waals surface area contributed by atoms with E-state index in [4.69, 9.17) is 9.47 Å². The van der Waals surface area contributed by atoms with E-state index >= 15 is 0 Å². The third-order valence-corrected chi connectivity index (χ3v) is 7.61. The van der Waals surface area contributed by atoms with Crippen LogP contribution in [-0.4, -0.2) is 80.5 Å². The van der Waals surface area contributed by atoms with Crippen LogP contribution in [0.25, 0.3) is 5.65 Å². The van der Waals surface area contributed by atoms with Crippen molar-refractivity contribution in [3.8, 4) is 5.75 Å². The molecule has 0 radical (unpaired) electrons. The molecule has 3 amide bonds. The average molecular weight is 549 g/mol. The van der Waals surface area contributed by atoms with Gasteiger partial charge >= 0.3 is 12.1 Å². The van der Waals surface area contributed by atoms with Crippen LogP contribution in [-0.2, 0) is 11.2 Å². The zero-order chi connectivity index (χ0) is 28.2. The third-order valence-electron chi connectivity index (χ3n) is 7.61. The van der Waals surface area contributed by atoms with Crippen LogP contribution in [0.15, 0.2) is 24.5 Å². The van der Waals surface area contributed by atoms with Crippen molar-refractivity contribution >= 4 is 35.0 Å². The van der Waals surface area contributed by atoms with Crippen molar-refractivity contribution in [2.75, 3.05) is 47.9 Å². The molecule has 1 saturated carbocycles. The largest absolute Gasteiger partial charge is 0.491 e. The second-order valence-electron chi connectivity index (χ2n) is 11.7. The van der Waals surface area contributed by atoms with Crippen LogP contribution in [0, 0.1) is 6.92 Å². The normalized spacial score (nSPS) is 17.8. The lowest BCUT2D eigenvalue weighted by Gasteiger charge is -2.43. The van der Waals surface area contributed by atoms with Crippen molar-refractivity contribution in [3.63, 3.8) is 0 Å². The first-order chi connectivity index (χ1) is 19.1. The number of nitrogens with zero attached hydrogens (tertiary/aromatic N) is 7. The molecule has 5 heterocycles. The van der Waals surface area contributed by atoms with E-state index in [1.807, 2.05) is 45.6 Å². The van der Waals surface area contributed by atoms with Gasteiger partial charge in [-0.1, -0.05) is 0 Å². The van der Waals surface area contributed by atoms with Gasteiger partial charge in [-0.2, -0.15) is 5.10 Å². The van der Waals surface area contributed by atoms with Crippen molar-refractivity contribution in [1.29, 1.82) is 0 Å². The summed E-state index contributed by atoms with van der Waals surface area (Å²) in [5.74, 6) is 1.83. The molecule has 3 aromatic heterocycles. The zero-order valence-corrected chi connectivity index (χ0v) is 23.7. The first kappa shape index (κ1) is 26.1. The Morgan fingerprint density at radius 3 is 2.70 bits per heavy atom. The number of pyridine rings is 2. The highest BCUT2D eigenvalue weighted by Gasteiger charge is 2.54. The highest BCUT2D eigenvalue weighted by Crippen LogP contribution is 2.47. The van der Waals surface area contributed by atoms with Gasteiger partial charge in [0.25, 0.3) is 0 Å². The zero-order valence-electron chi connectivity index (χ0n) is 23.7. The topological polar surface area (TPSA) is 117 Å². The number of piperazine rings is 1. The van der Waals surface area contributed by atoms with Gasteiger partial charge in [0, 0.05) is 49.7 Å². The van der Waals surface area contributed by atoms with E-state index < -0.39 is 5.60 Å². The summed E-state index contributed by atoms with van der Waals surface area (Å²) in [5, 5.41) is 7.36. The van der Waals surface area contributed by atoms with E-state index in [0.717, 1.165) is 30.6 Å². The summed E-state index contributed by atoms with van der Waals surface area (Å²) < 4.78 is 13.1. The van der Waals surface area contributed by atoms with Crippen molar-refractivity contribution in [2.45, 2.75) is 65.0 Å². The van der Waals surface area contributed by atoms with Crippen molar-refractivity contribution in [1.82, 2.24) is 24.5 Å². The van der Waals surface area contributed by atoms with Crippen molar-refractivity contribution in [3.05, 3.63) is 35.9 Å². The fourth-order valence-electron chi connectivity index (χ4n) is 5.70. The van der Waals surface area contributed by atoms with Crippen LogP contribution < -0.4 is 19.9 Å². The number of hydrogen-bond acceptors (Lipinski definition) is 8. The molecule has 0 unspecified atom stereocenters. The molecule has 0 aromatic carbocycles. The fraction of sp³-hybridized carbons (Fsp3) is 0.536. The minimum Gasteiger partial charge on any atom is -0.491 e. The molecule has 1 saturated heterocycles. The number of carbonyl (C=O) groups is 2. The molecule has 1 spiro atoms. The Kier molecular flexibility index (Phi) is 6.23. The Labute approximate surface area is 233 Å². The first-order valence-electron chi connectivity index (χ1n) is 13.9. The summed E-state index contributed by atoms with van der Waals surface area (Å²) in [6, 6.07) is 3.51. The molecule has 12 heteroatoms. The van der Waals surface area contributed by atoms with Gasteiger partial charge in [0.1, 0.15) is 28.7 Å². The van der Waals surface area contributed by atoms with Gasteiger partial charge in [-0.25, -0.2) is 24.1 Å². The van der Waals surface area contributed by atoms with Gasteiger partial charge in [-0.05, 0) is 59.9 Å². The van der Waals surface area contributed by atoms with Gasteiger partial charge in [0.05, 0.1) is 18.3 Å². The second kappa shape index (κ2) is 9.53. The summed E-state index contributed by atoms with van der Waals surface area (Å²) in [4.78, 5) is 41.3. The molecule has 212 valence electrons. The fourth-order valence-corrected chi connectivity index (χ4v) is 5.70. The standard InChI is InChI=1S/C28H36N8O4/c1-6-39-22-15-23-30-18(2)32-36(23)16-20(22)31-25(37)34-12-8-19-21(7-11-29-24(19)34)33-13-14-35(28(17-33)9-10-28)26(38)40-27(3,4)5/h7,11,15-16H,6,8-10,12-14,17H2,1-5H3,(H,31,37). The summed E-state index contributed by atoms with van der Waals surface area (Å²) in [7, 11) is 0. The van der Waals surface area contributed by atoms with Gasteiger partial charge in [-0.15, -0.1) is 0 Å². The number of hydrogen-bond donors (Lipinski definition) is 1. The van der Waals surface area contributed by atoms with E-state index in [2.05, 4.69) is 25.3 Å². The minimum absolute atomic E-state index is 0.194. The number of amides is 3. The molecule has 12 nitrogen and oxygen atoms in total. The van der Waals surface area contributed by atoms with E-state index in [1.54, 1.807) is 27.9 Å². The van der Waals surface area contributed by atoms with Crippen molar-refractivity contribution in [2.24, 2.45) is 0 Å². The molecule has 40 heavy (non-hydrogen) atoms. The molecular weight excluding hydrogens is 512 g/mol. The maximum Gasteiger partial charge on any atom is 0.410 e. The number of urea groups is 1. The minimum atomic E-state index is -0.524. The number of carbonyl (C=O) groups excluding carboxylic acids is 2. The molecule has 3 aliphatic rings. The number of ether oxygens (including phenoxy) is 2. The lowest BCUT2D eigenvalue weighted by Crippen LogP contribution is -2.58. The maximum absolute atomic E-state index is 13.5. The number of anilines is 3. The highest BCUT2D eigenvalue weighted by atomic mass is 16.6. The molecule has 1 N–H and O–H groups in total. The average Bonchev–Trinajstić information content (AvgIpc) is 3.33. The molecule has 6 rings (SSSR count). The number of nitrogens with one attached hydrogen (secondary N) is 1. The Morgan fingerprint density at radius 1 is 1.18 bits per heavy atom. The van der Waals surface area contributed by atoms with Gasteiger partial charge in [0.15, 0.2) is 5.65 Å². The molecule has 2 aliphatic heterocycles. The molecule has 0 bridgehead atoms. The van der Waals surface area contributed by atoms with Crippen LogP contribution in [0.4, 0.5) is 26.8 Å². The predicted molar refractivity (Wildman–Crippen MR) is 150 cm³/mol. The molecule has 0 atom stereocenters. The lowest BCUT2D eigenvalue weighted by atomic mass is 10.1. The van der Waals surface area contributed by atoms with E-state index in [0.29, 0.717) is 61.4 Å². The number of aromatic nitrogens is 4. The molecule has 3 aromatic rings. The summed E-state index contributed by atoms with van der Waals surface area (Å²) in [6.45, 7) is 12.4. The monoisotopic (exact) mass is 548 g/mol. The SMILES string of the molecule is CCOc1cc2nc(C)nn2cc1NC(=O)N1CCc2c(N3CCN(C(=O)OC(C)(C)C)C4(CC4)C3)ccnc21.